The molecule has 1 N–H and O–H groups in total. The highest BCUT2D eigenvalue weighted by atomic mass is 15.3. The molecule has 0 aromatic rings. The van der Waals surface area contributed by atoms with Gasteiger partial charge in [-0.05, 0) is 33.7 Å². The van der Waals surface area contributed by atoms with Crippen LogP contribution in [0.1, 0.15) is 34.6 Å². The van der Waals surface area contributed by atoms with Gasteiger partial charge in [-0.15, -0.1) is 0 Å². The molecule has 0 spiro atoms. The maximum Gasteiger partial charge on any atom is 0.0278 e. The summed E-state index contributed by atoms with van der Waals surface area (Å²) >= 11 is 0. The molecule has 1 rings (SSSR count). The number of hydrogen-bond donors (Lipinski definition) is 1. The van der Waals surface area contributed by atoms with Crippen LogP contribution in [0.2, 0.25) is 0 Å². The Hall–Kier alpha value is -0.120. The second-order valence-electron chi connectivity index (χ2n) is 6.52. The Labute approximate surface area is 108 Å². The molecule has 3 heteroatoms. The summed E-state index contributed by atoms with van der Waals surface area (Å²) in [4.78, 5) is 5.03. The number of likely N-dealkylation sites (N-methyl/N-ethyl adjacent to an activating group) is 1. The number of nitrogens with zero attached hydrogens (tertiary/aromatic N) is 2. The van der Waals surface area contributed by atoms with Crippen molar-refractivity contribution in [2.75, 3.05) is 39.8 Å². The first kappa shape index (κ1) is 14.9. The summed E-state index contributed by atoms with van der Waals surface area (Å²) in [6.45, 7) is 17.4. The monoisotopic (exact) mass is 241 g/mol. The van der Waals surface area contributed by atoms with E-state index < -0.39 is 0 Å². The molecule has 0 aliphatic carbocycles. The summed E-state index contributed by atoms with van der Waals surface area (Å²) in [5.74, 6) is 0.707. The van der Waals surface area contributed by atoms with Gasteiger partial charge in [-0.25, -0.2) is 0 Å². The van der Waals surface area contributed by atoms with Crippen LogP contribution in [0, 0.1) is 5.92 Å². The fourth-order valence-corrected chi connectivity index (χ4v) is 2.17. The van der Waals surface area contributed by atoms with Gasteiger partial charge in [-0.1, -0.05) is 13.8 Å². The number of rotatable bonds is 5. The third kappa shape index (κ3) is 4.57. The normalized spacial score (nSPS) is 22.1. The van der Waals surface area contributed by atoms with Crippen LogP contribution in [0.25, 0.3) is 0 Å². The van der Waals surface area contributed by atoms with Crippen molar-refractivity contribution >= 4 is 0 Å². The SMILES string of the molecule is CC(C)C(C)NCC(C)(C)N1CCN(C)CC1. The molecule has 0 radical (unpaired) electrons. The molecule has 1 aliphatic heterocycles. The molecule has 102 valence electrons. The second kappa shape index (κ2) is 6.17. The summed E-state index contributed by atoms with van der Waals surface area (Å²) in [6.07, 6.45) is 0. The Morgan fingerprint density at radius 3 is 2.06 bits per heavy atom. The average Bonchev–Trinajstić information content (AvgIpc) is 2.26. The van der Waals surface area contributed by atoms with Crippen molar-refractivity contribution in [3.8, 4) is 0 Å². The van der Waals surface area contributed by atoms with Crippen molar-refractivity contribution in [2.45, 2.75) is 46.2 Å². The molecule has 1 atom stereocenters. The molecule has 1 heterocycles. The summed E-state index contributed by atoms with van der Waals surface area (Å²) in [6, 6.07) is 0.599. The second-order valence-corrected chi connectivity index (χ2v) is 6.52. The molecule has 0 aromatic carbocycles. The molecule has 0 aromatic heterocycles. The van der Waals surface area contributed by atoms with Gasteiger partial charge in [0.15, 0.2) is 0 Å². The van der Waals surface area contributed by atoms with Gasteiger partial charge in [0.25, 0.3) is 0 Å². The lowest BCUT2D eigenvalue weighted by Crippen LogP contribution is -2.58. The van der Waals surface area contributed by atoms with E-state index in [0.717, 1.165) is 6.54 Å². The summed E-state index contributed by atoms with van der Waals surface area (Å²) in [5, 5.41) is 3.68. The zero-order valence-electron chi connectivity index (χ0n) is 12.6. The Kier molecular flexibility index (Phi) is 5.42. The van der Waals surface area contributed by atoms with Crippen LogP contribution in [0.4, 0.5) is 0 Å². The standard InChI is InChI=1S/C14H31N3/c1-12(2)13(3)15-11-14(4,5)17-9-7-16(6)8-10-17/h12-13,15H,7-11H2,1-6H3. The highest BCUT2D eigenvalue weighted by Crippen LogP contribution is 2.16. The van der Waals surface area contributed by atoms with E-state index in [1.54, 1.807) is 0 Å². The van der Waals surface area contributed by atoms with Crippen LogP contribution in [0.5, 0.6) is 0 Å². The minimum atomic E-state index is 0.268. The lowest BCUT2D eigenvalue weighted by atomic mass is 9.99. The lowest BCUT2D eigenvalue weighted by molar-refractivity contribution is 0.0595. The molecular weight excluding hydrogens is 210 g/mol. The number of piperazine rings is 1. The minimum absolute atomic E-state index is 0.268. The maximum absolute atomic E-state index is 3.68. The fourth-order valence-electron chi connectivity index (χ4n) is 2.17. The molecule has 17 heavy (non-hydrogen) atoms. The molecule has 0 saturated carbocycles. The van der Waals surface area contributed by atoms with Crippen molar-refractivity contribution < 1.29 is 0 Å². The zero-order chi connectivity index (χ0) is 13.1. The maximum atomic E-state index is 3.68. The third-order valence-corrected chi connectivity index (χ3v) is 4.22. The van der Waals surface area contributed by atoms with E-state index in [1.165, 1.54) is 26.2 Å². The van der Waals surface area contributed by atoms with Gasteiger partial charge < -0.3 is 10.2 Å². The van der Waals surface area contributed by atoms with E-state index in [4.69, 9.17) is 0 Å². The molecule has 0 bridgehead atoms. The Morgan fingerprint density at radius 1 is 1.06 bits per heavy atom. The van der Waals surface area contributed by atoms with Crippen LogP contribution in [-0.2, 0) is 0 Å². The van der Waals surface area contributed by atoms with Gasteiger partial charge in [0, 0.05) is 44.3 Å². The number of hydrogen-bond acceptors (Lipinski definition) is 3. The first-order valence-electron chi connectivity index (χ1n) is 7.00. The minimum Gasteiger partial charge on any atom is -0.312 e. The smallest absolute Gasteiger partial charge is 0.0278 e. The van der Waals surface area contributed by atoms with E-state index in [1.807, 2.05) is 0 Å². The van der Waals surface area contributed by atoms with Crippen molar-refractivity contribution in [1.29, 1.82) is 0 Å². The van der Waals surface area contributed by atoms with Crippen molar-refractivity contribution in [1.82, 2.24) is 15.1 Å². The molecular formula is C14H31N3. The molecule has 3 nitrogen and oxygen atoms in total. The van der Waals surface area contributed by atoms with Crippen molar-refractivity contribution in [3.63, 3.8) is 0 Å². The molecule has 1 unspecified atom stereocenters. The Balaban J connectivity index is 2.39. The highest BCUT2D eigenvalue weighted by Gasteiger charge is 2.29. The van der Waals surface area contributed by atoms with Crippen LogP contribution in [0.3, 0.4) is 0 Å². The summed E-state index contributed by atoms with van der Waals surface area (Å²) in [7, 11) is 2.21. The number of nitrogens with one attached hydrogen (secondary N) is 1. The predicted molar refractivity (Wildman–Crippen MR) is 75.5 cm³/mol. The zero-order valence-corrected chi connectivity index (χ0v) is 12.6. The van der Waals surface area contributed by atoms with Crippen LogP contribution < -0.4 is 5.32 Å². The Morgan fingerprint density at radius 2 is 1.59 bits per heavy atom. The van der Waals surface area contributed by atoms with Gasteiger partial charge in [0.2, 0.25) is 0 Å². The van der Waals surface area contributed by atoms with Gasteiger partial charge >= 0.3 is 0 Å². The lowest BCUT2D eigenvalue weighted by Gasteiger charge is -2.44. The molecule has 0 amide bonds. The summed E-state index contributed by atoms with van der Waals surface area (Å²) in [5.41, 5.74) is 0.268. The van der Waals surface area contributed by atoms with Gasteiger partial charge in [0.05, 0.1) is 0 Å². The molecule has 1 fully saturated rings. The van der Waals surface area contributed by atoms with Gasteiger partial charge in [-0.3, -0.25) is 4.90 Å². The van der Waals surface area contributed by atoms with E-state index in [2.05, 4.69) is 56.8 Å². The van der Waals surface area contributed by atoms with Gasteiger partial charge in [-0.2, -0.15) is 0 Å². The Bertz CT molecular complexity index is 218. The van der Waals surface area contributed by atoms with E-state index >= 15 is 0 Å². The molecule has 1 aliphatic rings. The summed E-state index contributed by atoms with van der Waals surface area (Å²) < 4.78 is 0. The largest absolute Gasteiger partial charge is 0.312 e. The van der Waals surface area contributed by atoms with Crippen LogP contribution >= 0.6 is 0 Å². The van der Waals surface area contributed by atoms with E-state index in [-0.39, 0.29) is 5.54 Å². The van der Waals surface area contributed by atoms with Crippen LogP contribution in [-0.4, -0.2) is 61.2 Å². The molecule has 1 saturated heterocycles. The fraction of sp³-hybridized carbons (Fsp3) is 1.00. The van der Waals surface area contributed by atoms with Crippen molar-refractivity contribution in [2.24, 2.45) is 5.92 Å². The van der Waals surface area contributed by atoms with E-state index in [9.17, 15) is 0 Å². The quantitative estimate of drug-likeness (QED) is 0.789. The van der Waals surface area contributed by atoms with E-state index in [0.29, 0.717) is 12.0 Å². The first-order chi connectivity index (χ1) is 7.83. The van der Waals surface area contributed by atoms with Crippen molar-refractivity contribution in [3.05, 3.63) is 0 Å². The van der Waals surface area contributed by atoms with Gasteiger partial charge in [0.1, 0.15) is 0 Å². The van der Waals surface area contributed by atoms with Crippen LogP contribution in [0.15, 0.2) is 0 Å². The third-order valence-electron chi connectivity index (χ3n) is 4.22. The first-order valence-corrected chi connectivity index (χ1v) is 7.00. The highest BCUT2D eigenvalue weighted by molar-refractivity contribution is 4.88. The average molecular weight is 241 g/mol. The predicted octanol–water partition coefficient (Wildman–Crippen LogP) is 1.65. The topological polar surface area (TPSA) is 18.5 Å².